The molecule has 8 heteroatoms. The second-order valence-electron chi connectivity index (χ2n) is 3.80. The molecule has 0 radical (unpaired) electrons. The van der Waals surface area contributed by atoms with Gasteiger partial charge in [-0.3, -0.25) is 9.96 Å². The van der Waals surface area contributed by atoms with Gasteiger partial charge in [0.05, 0.1) is 5.69 Å². The lowest BCUT2D eigenvalue weighted by atomic mass is 10.2. The van der Waals surface area contributed by atoms with Crippen molar-refractivity contribution in [2.24, 2.45) is 10.7 Å². The van der Waals surface area contributed by atoms with E-state index in [1.54, 1.807) is 12.1 Å². The first kappa shape index (κ1) is 13.2. The molecule has 0 bridgehead atoms. The fraction of sp³-hybridized carbons (Fsp3) is 0.0909. The van der Waals surface area contributed by atoms with Gasteiger partial charge in [0, 0.05) is 12.7 Å². The topological polar surface area (TPSA) is 120 Å². The highest BCUT2D eigenvalue weighted by Gasteiger charge is 2.24. The smallest absolute Gasteiger partial charge is 0.296 e. The highest BCUT2D eigenvalue weighted by Crippen LogP contribution is 2.26. The number of benzene rings is 1. The van der Waals surface area contributed by atoms with Crippen molar-refractivity contribution >= 4 is 27.5 Å². The van der Waals surface area contributed by atoms with E-state index >= 15 is 0 Å². The van der Waals surface area contributed by atoms with Crippen LogP contribution in [0.3, 0.4) is 0 Å². The van der Waals surface area contributed by atoms with Crippen LogP contribution >= 0.6 is 0 Å². The highest BCUT2D eigenvalue weighted by molar-refractivity contribution is 7.86. The third-order valence-corrected chi connectivity index (χ3v) is 3.42. The number of amidine groups is 2. The van der Waals surface area contributed by atoms with E-state index < -0.39 is 10.1 Å². The maximum absolute atomic E-state index is 11.4. The molecule has 0 fully saturated rings. The first-order chi connectivity index (χ1) is 8.91. The van der Waals surface area contributed by atoms with E-state index in [9.17, 15) is 13.0 Å². The van der Waals surface area contributed by atoms with Crippen LogP contribution in [0.5, 0.6) is 0 Å². The van der Waals surface area contributed by atoms with Gasteiger partial charge in [0.15, 0.2) is 11.7 Å². The highest BCUT2D eigenvalue weighted by atomic mass is 32.2. The van der Waals surface area contributed by atoms with Gasteiger partial charge >= 0.3 is 0 Å². The summed E-state index contributed by atoms with van der Waals surface area (Å²) in [6.07, 6.45) is 3.18. The standard InChI is InChI=1S/C11H12N4O3S/c12-10(13)11-14-6-3-7-15(11)8-4-1-2-5-9(8)19(16,17)18/h1-6H,7H2,(H3,12,13)(H,16,17,18). The fourth-order valence-electron chi connectivity index (χ4n) is 1.76. The average molecular weight is 280 g/mol. The normalized spacial score (nSPS) is 15.2. The molecule has 1 aromatic rings. The van der Waals surface area contributed by atoms with Crippen molar-refractivity contribution in [3.05, 3.63) is 36.5 Å². The summed E-state index contributed by atoms with van der Waals surface area (Å²) in [5.74, 6) is -0.145. The lowest BCUT2D eigenvalue weighted by Crippen LogP contribution is -2.42. The number of nitrogens with one attached hydrogen (secondary N) is 1. The van der Waals surface area contributed by atoms with E-state index in [1.807, 2.05) is 0 Å². The second-order valence-corrected chi connectivity index (χ2v) is 5.19. The van der Waals surface area contributed by atoms with E-state index in [4.69, 9.17) is 11.1 Å². The van der Waals surface area contributed by atoms with Gasteiger partial charge in [0.1, 0.15) is 4.90 Å². The van der Waals surface area contributed by atoms with E-state index in [1.165, 1.54) is 29.3 Å². The monoisotopic (exact) mass is 280 g/mol. The molecule has 1 aromatic carbocycles. The first-order valence-electron chi connectivity index (χ1n) is 5.32. The molecule has 7 nitrogen and oxygen atoms in total. The van der Waals surface area contributed by atoms with Crippen LogP contribution in [0.2, 0.25) is 0 Å². The Kier molecular flexibility index (Phi) is 3.36. The van der Waals surface area contributed by atoms with Crippen LogP contribution in [-0.2, 0) is 10.1 Å². The summed E-state index contributed by atoms with van der Waals surface area (Å²) in [6, 6.07) is 5.92. The lowest BCUT2D eigenvalue weighted by Gasteiger charge is -2.27. The van der Waals surface area contributed by atoms with Gasteiger partial charge in [-0.2, -0.15) is 8.42 Å². The molecule has 0 aromatic heterocycles. The van der Waals surface area contributed by atoms with Crippen molar-refractivity contribution in [3.8, 4) is 0 Å². The Morgan fingerprint density at radius 1 is 1.42 bits per heavy atom. The van der Waals surface area contributed by atoms with Crippen LogP contribution < -0.4 is 10.6 Å². The first-order valence-corrected chi connectivity index (χ1v) is 6.76. The molecule has 2 rings (SSSR count). The molecule has 0 spiro atoms. The molecule has 4 N–H and O–H groups in total. The predicted molar refractivity (Wildman–Crippen MR) is 72.1 cm³/mol. The maximum atomic E-state index is 11.4. The SMILES string of the molecule is N=C(N)C1=NC=CCN1c1ccccc1S(=O)(=O)O. The zero-order chi connectivity index (χ0) is 14.0. The van der Waals surface area contributed by atoms with Gasteiger partial charge < -0.3 is 10.6 Å². The molecule has 1 aliphatic heterocycles. The number of aliphatic imine (C=N–C) groups is 1. The van der Waals surface area contributed by atoms with Crippen LogP contribution in [0.4, 0.5) is 5.69 Å². The maximum Gasteiger partial charge on any atom is 0.296 e. The minimum absolute atomic E-state index is 0.138. The Bertz CT molecular complexity index is 679. The van der Waals surface area contributed by atoms with Crippen LogP contribution in [-0.4, -0.2) is 31.2 Å². The molecule has 1 aliphatic rings. The van der Waals surface area contributed by atoms with Gasteiger partial charge in [-0.25, -0.2) is 4.99 Å². The summed E-state index contributed by atoms with van der Waals surface area (Å²) in [5.41, 5.74) is 5.64. The van der Waals surface area contributed by atoms with E-state index in [-0.39, 0.29) is 22.3 Å². The number of anilines is 1. The minimum Gasteiger partial charge on any atom is -0.381 e. The molecular formula is C11H12N4O3S. The molecule has 0 saturated heterocycles. The van der Waals surface area contributed by atoms with Gasteiger partial charge in [0.25, 0.3) is 10.1 Å². The molecule has 100 valence electrons. The Morgan fingerprint density at radius 3 is 2.74 bits per heavy atom. The Hall–Kier alpha value is -2.19. The van der Waals surface area contributed by atoms with Crippen molar-refractivity contribution in [1.29, 1.82) is 5.41 Å². The third kappa shape index (κ3) is 2.64. The fourth-order valence-corrected chi connectivity index (χ4v) is 2.45. The van der Waals surface area contributed by atoms with Crippen LogP contribution in [0.1, 0.15) is 0 Å². The van der Waals surface area contributed by atoms with Crippen molar-refractivity contribution in [2.75, 3.05) is 11.4 Å². The predicted octanol–water partition coefficient (Wildman–Crippen LogP) is 0.601. The van der Waals surface area contributed by atoms with Gasteiger partial charge in [-0.15, -0.1) is 0 Å². The summed E-state index contributed by atoms with van der Waals surface area (Å²) < 4.78 is 31.9. The van der Waals surface area contributed by atoms with Gasteiger partial charge in [-0.1, -0.05) is 12.1 Å². The van der Waals surface area contributed by atoms with E-state index in [2.05, 4.69) is 4.99 Å². The van der Waals surface area contributed by atoms with Crippen molar-refractivity contribution in [3.63, 3.8) is 0 Å². The molecule has 1 heterocycles. The third-order valence-electron chi connectivity index (χ3n) is 2.52. The Balaban J connectivity index is 2.57. The van der Waals surface area contributed by atoms with E-state index in [0.717, 1.165) is 0 Å². The summed E-state index contributed by atoms with van der Waals surface area (Å²) in [6.45, 7) is 0.310. The molecule has 0 aliphatic carbocycles. The van der Waals surface area contributed by atoms with Crippen LogP contribution in [0, 0.1) is 5.41 Å². The summed E-state index contributed by atoms with van der Waals surface area (Å²) in [4.78, 5) is 5.15. The van der Waals surface area contributed by atoms with Crippen molar-refractivity contribution in [1.82, 2.24) is 0 Å². The lowest BCUT2D eigenvalue weighted by molar-refractivity contribution is 0.483. The van der Waals surface area contributed by atoms with Gasteiger partial charge in [-0.05, 0) is 18.2 Å². The Morgan fingerprint density at radius 2 is 2.11 bits per heavy atom. The van der Waals surface area contributed by atoms with Crippen molar-refractivity contribution in [2.45, 2.75) is 4.90 Å². The average Bonchev–Trinajstić information content (AvgIpc) is 2.37. The molecule has 0 saturated carbocycles. The van der Waals surface area contributed by atoms with E-state index in [0.29, 0.717) is 6.54 Å². The number of para-hydroxylation sites is 1. The molecular weight excluding hydrogens is 268 g/mol. The van der Waals surface area contributed by atoms with Crippen molar-refractivity contribution < 1.29 is 13.0 Å². The largest absolute Gasteiger partial charge is 0.381 e. The quantitative estimate of drug-likeness (QED) is 0.425. The Labute approximate surface area is 110 Å². The summed E-state index contributed by atoms with van der Waals surface area (Å²) >= 11 is 0. The number of hydrogen-bond donors (Lipinski definition) is 3. The van der Waals surface area contributed by atoms with Crippen LogP contribution in [0.25, 0.3) is 0 Å². The summed E-state index contributed by atoms with van der Waals surface area (Å²) in [7, 11) is -4.36. The minimum atomic E-state index is -4.36. The number of hydrogen-bond acceptors (Lipinski definition) is 5. The van der Waals surface area contributed by atoms with Crippen LogP contribution in [0.15, 0.2) is 46.4 Å². The zero-order valence-corrected chi connectivity index (χ0v) is 10.6. The zero-order valence-electron chi connectivity index (χ0n) is 9.81. The van der Waals surface area contributed by atoms with Gasteiger partial charge in [0.2, 0.25) is 0 Å². The second kappa shape index (κ2) is 4.82. The molecule has 0 amide bonds. The summed E-state index contributed by atoms with van der Waals surface area (Å²) in [5, 5.41) is 7.45. The number of nitrogens with two attached hydrogens (primary N) is 1. The number of nitrogens with zero attached hydrogens (tertiary/aromatic N) is 2. The number of rotatable bonds is 3. The molecule has 19 heavy (non-hydrogen) atoms. The molecule has 0 atom stereocenters. The molecule has 0 unspecified atom stereocenters.